The van der Waals surface area contributed by atoms with Crippen LogP contribution < -0.4 is 10.5 Å². The van der Waals surface area contributed by atoms with Crippen LogP contribution in [0.1, 0.15) is 56.8 Å². The molecule has 0 radical (unpaired) electrons. The topological polar surface area (TPSA) is 61.0 Å². The van der Waals surface area contributed by atoms with Crippen LogP contribution in [0.2, 0.25) is 0 Å². The summed E-state index contributed by atoms with van der Waals surface area (Å²) in [5.74, 6) is -0.117. The number of pyridine rings is 2. The second-order valence-electron chi connectivity index (χ2n) is 8.95. The zero-order valence-corrected chi connectivity index (χ0v) is 16.3. The Labute approximate surface area is 170 Å². The van der Waals surface area contributed by atoms with E-state index in [1.54, 1.807) is 6.92 Å². The van der Waals surface area contributed by atoms with Gasteiger partial charge >= 0.3 is 0 Å². The fourth-order valence-electron chi connectivity index (χ4n) is 4.83. The molecule has 3 aliphatic carbocycles. The molecule has 5 rings (SSSR count). The Morgan fingerprint density at radius 3 is 2.43 bits per heavy atom. The second-order valence-corrected chi connectivity index (χ2v) is 8.95. The normalized spacial score (nSPS) is 26.8. The van der Waals surface area contributed by atoms with E-state index < -0.39 is 35.4 Å². The van der Waals surface area contributed by atoms with Gasteiger partial charge in [-0.2, -0.15) is 0 Å². The van der Waals surface area contributed by atoms with Crippen molar-refractivity contribution in [3.05, 3.63) is 41.9 Å². The standard InChI is InChI=1S/C21H22F5N3O/c1-19(27,7-20-8-21(26,9-20)10-20)11-30-15-3-2-13(29-16(15)18(24)25)12-4-5-28-14(6-12)17(22)23/h2-6,17-18H,7-11,27H2,1H3/t19-,20?,21?/m0/s1. The van der Waals surface area contributed by atoms with Gasteiger partial charge in [0.15, 0.2) is 0 Å². The van der Waals surface area contributed by atoms with Crippen molar-refractivity contribution in [1.82, 2.24) is 9.97 Å². The summed E-state index contributed by atoms with van der Waals surface area (Å²) >= 11 is 0. The van der Waals surface area contributed by atoms with Gasteiger partial charge in [-0.15, -0.1) is 0 Å². The van der Waals surface area contributed by atoms with Crippen LogP contribution in [0.3, 0.4) is 0 Å². The molecule has 2 aromatic heterocycles. The summed E-state index contributed by atoms with van der Waals surface area (Å²) in [5, 5.41) is 0. The average molecular weight is 427 g/mol. The lowest BCUT2D eigenvalue weighted by Gasteiger charge is -2.67. The van der Waals surface area contributed by atoms with Crippen LogP contribution in [0, 0.1) is 5.41 Å². The predicted molar refractivity (Wildman–Crippen MR) is 100 cm³/mol. The number of hydrogen-bond donors (Lipinski definition) is 1. The predicted octanol–water partition coefficient (Wildman–Crippen LogP) is 5.40. The van der Waals surface area contributed by atoms with Crippen molar-refractivity contribution in [3.63, 3.8) is 0 Å². The lowest BCUT2D eigenvalue weighted by molar-refractivity contribution is -0.223. The fourth-order valence-corrected chi connectivity index (χ4v) is 4.83. The van der Waals surface area contributed by atoms with E-state index in [0.29, 0.717) is 25.7 Å². The minimum atomic E-state index is -2.93. The van der Waals surface area contributed by atoms with E-state index in [9.17, 15) is 22.0 Å². The van der Waals surface area contributed by atoms with Gasteiger partial charge in [-0.3, -0.25) is 4.98 Å². The monoisotopic (exact) mass is 427 g/mol. The molecule has 2 aromatic rings. The van der Waals surface area contributed by atoms with Crippen LogP contribution in [0.4, 0.5) is 22.0 Å². The van der Waals surface area contributed by atoms with Crippen LogP contribution in [0.5, 0.6) is 5.75 Å². The number of nitrogens with two attached hydrogens (primary N) is 1. The minimum Gasteiger partial charge on any atom is -0.490 e. The number of hydrogen-bond acceptors (Lipinski definition) is 4. The molecule has 2 bridgehead atoms. The second kappa shape index (κ2) is 7.14. The van der Waals surface area contributed by atoms with Crippen molar-refractivity contribution in [1.29, 1.82) is 0 Å². The van der Waals surface area contributed by atoms with Gasteiger partial charge in [0.25, 0.3) is 12.9 Å². The summed E-state index contributed by atoms with van der Waals surface area (Å²) in [6.45, 7) is 1.73. The first kappa shape index (κ1) is 21.0. The van der Waals surface area contributed by atoms with Gasteiger partial charge in [0.2, 0.25) is 0 Å². The molecule has 3 aliphatic rings. The summed E-state index contributed by atoms with van der Waals surface area (Å²) in [7, 11) is 0. The van der Waals surface area contributed by atoms with Crippen molar-refractivity contribution >= 4 is 0 Å². The van der Waals surface area contributed by atoms with Gasteiger partial charge in [-0.05, 0) is 62.3 Å². The largest absolute Gasteiger partial charge is 0.490 e. The van der Waals surface area contributed by atoms with Gasteiger partial charge in [-0.25, -0.2) is 26.9 Å². The molecular formula is C21H22F5N3O. The Hall–Kier alpha value is -2.29. The molecule has 1 atom stereocenters. The Morgan fingerprint density at radius 1 is 1.13 bits per heavy atom. The highest BCUT2D eigenvalue weighted by Crippen LogP contribution is 2.71. The summed E-state index contributed by atoms with van der Waals surface area (Å²) in [6.07, 6.45) is -2.48. The van der Waals surface area contributed by atoms with Crippen LogP contribution in [0.15, 0.2) is 30.5 Å². The number of aromatic nitrogens is 2. The lowest BCUT2D eigenvalue weighted by atomic mass is 9.40. The molecule has 0 aliphatic heterocycles. The lowest BCUT2D eigenvalue weighted by Crippen LogP contribution is -2.67. The molecule has 2 heterocycles. The third kappa shape index (κ3) is 3.99. The summed E-state index contributed by atoms with van der Waals surface area (Å²) in [6, 6.07) is 5.29. The molecule has 30 heavy (non-hydrogen) atoms. The number of nitrogens with zero attached hydrogens (tertiary/aromatic N) is 2. The molecule has 4 nitrogen and oxygen atoms in total. The maximum absolute atomic E-state index is 13.7. The van der Waals surface area contributed by atoms with E-state index in [1.807, 2.05) is 0 Å². The van der Waals surface area contributed by atoms with Crippen LogP contribution >= 0.6 is 0 Å². The van der Waals surface area contributed by atoms with Crippen LogP contribution in [-0.2, 0) is 0 Å². The quantitative estimate of drug-likeness (QED) is 0.574. The Kier molecular flexibility index (Phi) is 4.99. The van der Waals surface area contributed by atoms with E-state index in [-0.39, 0.29) is 29.0 Å². The minimum absolute atomic E-state index is 0.0282. The third-order valence-electron chi connectivity index (χ3n) is 5.80. The van der Waals surface area contributed by atoms with Crippen molar-refractivity contribution in [3.8, 4) is 17.0 Å². The summed E-state index contributed by atoms with van der Waals surface area (Å²) in [4.78, 5) is 7.48. The van der Waals surface area contributed by atoms with Gasteiger partial charge in [0.05, 0.1) is 5.69 Å². The van der Waals surface area contributed by atoms with Crippen molar-refractivity contribution in [2.75, 3.05) is 6.61 Å². The van der Waals surface area contributed by atoms with Crippen LogP contribution in [-0.4, -0.2) is 27.8 Å². The number of halogens is 5. The van der Waals surface area contributed by atoms with E-state index in [4.69, 9.17) is 10.5 Å². The Morgan fingerprint density at radius 2 is 1.83 bits per heavy atom. The highest BCUT2D eigenvalue weighted by molar-refractivity contribution is 5.60. The first-order valence-electron chi connectivity index (χ1n) is 9.64. The molecule has 0 amide bonds. The molecule has 0 spiro atoms. The Bertz CT molecular complexity index is 930. The Balaban J connectivity index is 1.49. The van der Waals surface area contributed by atoms with Gasteiger partial charge in [-0.1, -0.05) is 0 Å². The smallest absolute Gasteiger partial charge is 0.284 e. The zero-order chi connectivity index (χ0) is 21.7. The highest BCUT2D eigenvalue weighted by Gasteiger charge is 2.69. The molecule has 0 saturated heterocycles. The molecular weight excluding hydrogens is 405 g/mol. The number of alkyl halides is 5. The maximum Gasteiger partial charge on any atom is 0.284 e. The van der Waals surface area contributed by atoms with Gasteiger partial charge < -0.3 is 10.5 Å². The third-order valence-corrected chi connectivity index (χ3v) is 5.80. The molecule has 0 unspecified atom stereocenters. The van der Waals surface area contributed by atoms with Gasteiger partial charge in [0, 0.05) is 17.3 Å². The van der Waals surface area contributed by atoms with Crippen LogP contribution in [0.25, 0.3) is 11.3 Å². The first-order chi connectivity index (χ1) is 14.0. The fraction of sp³-hybridized carbons (Fsp3) is 0.524. The van der Waals surface area contributed by atoms with Crippen molar-refractivity contribution < 1.29 is 26.7 Å². The molecule has 3 saturated carbocycles. The molecule has 3 fully saturated rings. The summed E-state index contributed by atoms with van der Waals surface area (Å²) < 4.78 is 72.2. The average Bonchev–Trinajstić information content (AvgIpc) is 2.64. The van der Waals surface area contributed by atoms with E-state index >= 15 is 0 Å². The number of rotatable bonds is 8. The molecule has 9 heteroatoms. The summed E-state index contributed by atoms with van der Waals surface area (Å²) in [5.41, 5.74) is 3.66. The van der Waals surface area contributed by atoms with E-state index in [1.165, 1.54) is 24.4 Å². The maximum atomic E-state index is 13.7. The van der Waals surface area contributed by atoms with E-state index in [0.717, 1.165) is 6.07 Å². The zero-order valence-electron chi connectivity index (χ0n) is 16.3. The van der Waals surface area contributed by atoms with Crippen molar-refractivity contribution in [2.45, 2.75) is 56.7 Å². The molecule has 0 aromatic carbocycles. The van der Waals surface area contributed by atoms with Gasteiger partial charge in [0.1, 0.15) is 29.4 Å². The highest BCUT2D eigenvalue weighted by atomic mass is 19.3. The number of ether oxygens (including phenoxy) is 1. The SMILES string of the molecule is C[C@@](N)(COc1ccc(-c2ccnc(C(F)F)c2)nc1C(F)F)CC12CC(F)(C1)C2. The van der Waals surface area contributed by atoms with Crippen molar-refractivity contribution in [2.24, 2.45) is 11.1 Å². The molecule has 2 N–H and O–H groups in total. The van der Waals surface area contributed by atoms with E-state index in [2.05, 4.69) is 9.97 Å². The molecule has 162 valence electrons. The first-order valence-corrected chi connectivity index (χ1v) is 9.64.